The van der Waals surface area contributed by atoms with E-state index in [1.54, 1.807) is 12.1 Å². The maximum Gasteiger partial charge on any atom is 0.154 e. The number of nitrogens with zero attached hydrogens (tertiary/aromatic N) is 3. The standard InChI is InChI=1S/C23H26ClFN4/c1-3-29(4-2)15-5-14-26-23-20-12-9-18(24)16-21(20)27-22(28-23)13-8-17-6-10-19(25)11-7-17/h6-13,16H,3-5,14-15H2,1-2H3,(H,26,27,28)/b13-8+. The third-order valence-corrected chi connectivity index (χ3v) is 5.04. The molecule has 0 spiro atoms. The molecule has 0 amide bonds. The summed E-state index contributed by atoms with van der Waals surface area (Å²) in [5.41, 5.74) is 1.67. The van der Waals surface area contributed by atoms with E-state index in [1.807, 2.05) is 30.4 Å². The smallest absolute Gasteiger partial charge is 0.154 e. The summed E-state index contributed by atoms with van der Waals surface area (Å²) in [4.78, 5) is 11.7. The molecule has 3 rings (SSSR count). The van der Waals surface area contributed by atoms with E-state index in [0.29, 0.717) is 10.8 Å². The van der Waals surface area contributed by atoms with Gasteiger partial charge in [-0.15, -0.1) is 0 Å². The summed E-state index contributed by atoms with van der Waals surface area (Å²) in [6.07, 6.45) is 4.73. The van der Waals surface area contributed by atoms with Gasteiger partial charge in [0, 0.05) is 17.0 Å². The zero-order valence-electron chi connectivity index (χ0n) is 16.8. The highest BCUT2D eigenvalue weighted by atomic mass is 35.5. The molecule has 4 nitrogen and oxygen atoms in total. The maximum absolute atomic E-state index is 13.1. The summed E-state index contributed by atoms with van der Waals surface area (Å²) in [6, 6.07) is 11.9. The number of benzene rings is 2. The summed E-state index contributed by atoms with van der Waals surface area (Å²) >= 11 is 6.16. The molecule has 2 aromatic carbocycles. The average Bonchev–Trinajstić information content (AvgIpc) is 2.73. The number of nitrogens with one attached hydrogen (secondary N) is 1. The lowest BCUT2D eigenvalue weighted by atomic mass is 10.2. The molecule has 0 unspecified atom stereocenters. The van der Waals surface area contributed by atoms with Gasteiger partial charge in [0.2, 0.25) is 0 Å². The van der Waals surface area contributed by atoms with Crippen LogP contribution in [0.15, 0.2) is 42.5 Å². The Morgan fingerprint density at radius 2 is 1.79 bits per heavy atom. The van der Waals surface area contributed by atoms with Crippen molar-refractivity contribution in [2.45, 2.75) is 20.3 Å². The molecule has 1 heterocycles. The Hall–Kier alpha value is -2.50. The van der Waals surface area contributed by atoms with E-state index >= 15 is 0 Å². The Morgan fingerprint density at radius 3 is 2.52 bits per heavy atom. The van der Waals surface area contributed by atoms with Gasteiger partial charge in [0.1, 0.15) is 11.6 Å². The van der Waals surface area contributed by atoms with Gasteiger partial charge in [-0.25, -0.2) is 14.4 Å². The number of hydrogen-bond acceptors (Lipinski definition) is 4. The fourth-order valence-corrected chi connectivity index (χ4v) is 3.29. The molecule has 0 aliphatic carbocycles. The Balaban J connectivity index is 1.80. The molecule has 0 bridgehead atoms. The van der Waals surface area contributed by atoms with Crippen LogP contribution in [0.25, 0.3) is 23.1 Å². The first-order valence-electron chi connectivity index (χ1n) is 9.96. The van der Waals surface area contributed by atoms with Gasteiger partial charge in [0.15, 0.2) is 5.82 Å². The predicted octanol–water partition coefficient (Wildman–Crippen LogP) is 5.74. The van der Waals surface area contributed by atoms with E-state index in [-0.39, 0.29) is 5.82 Å². The molecule has 0 aliphatic rings. The summed E-state index contributed by atoms with van der Waals surface area (Å²) in [7, 11) is 0. The van der Waals surface area contributed by atoms with E-state index in [0.717, 1.165) is 54.9 Å². The van der Waals surface area contributed by atoms with Crippen LogP contribution >= 0.6 is 11.6 Å². The van der Waals surface area contributed by atoms with E-state index in [2.05, 4.69) is 34.0 Å². The van der Waals surface area contributed by atoms with Crippen LogP contribution in [0.5, 0.6) is 0 Å². The minimum absolute atomic E-state index is 0.255. The predicted molar refractivity (Wildman–Crippen MR) is 121 cm³/mol. The molecular weight excluding hydrogens is 387 g/mol. The van der Waals surface area contributed by atoms with Crippen LogP contribution in [-0.2, 0) is 0 Å². The molecule has 6 heteroatoms. The molecule has 152 valence electrons. The van der Waals surface area contributed by atoms with Crippen molar-refractivity contribution in [1.29, 1.82) is 0 Å². The zero-order chi connectivity index (χ0) is 20.6. The lowest BCUT2D eigenvalue weighted by Crippen LogP contribution is -2.25. The molecule has 29 heavy (non-hydrogen) atoms. The summed E-state index contributed by atoms with van der Waals surface area (Å²) in [6.45, 7) is 8.35. The third-order valence-electron chi connectivity index (χ3n) is 4.81. The molecular formula is C23H26ClFN4. The Labute approximate surface area is 176 Å². The van der Waals surface area contributed by atoms with Crippen molar-refractivity contribution >= 4 is 40.5 Å². The first kappa shape index (κ1) is 21.2. The van der Waals surface area contributed by atoms with Gasteiger partial charge in [-0.05, 0) is 68.0 Å². The van der Waals surface area contributed by atoms with Crippen molar-refractivity contribution in [1.82, 2.24) is 14.9 Å². The first-order valence-corrected chi connectivity index (χ1v) is 10.3. The highest BCUT2D eigenvalue weighted by Gasteiger charge is 2.07. The van der Waals surface area contributed by atoms with Crippen molar-refractivity contribution in [2.24, 2.45) is 0 Å². The SMILES string of the molecule is CCN(CC)CCCNc1nc(/C=C/c2ccc(F)cc2)nc2cc(Cl)ccc12. The summed E-state index contributed by atoms with van der Waals surface area (Å²) in [5.74, 6) is 1.12. The van der Waals surface area contributed by atoms with E-state index in [1.165, 1.54) is 12.1 Å². The van der Waals surface area contributed by atoms with Crippen molar-refractivity contribution in [3.8, 4) is 0 Å². The number of anilines is 1. The summed E-state index contributed by atoms with van der Waals surface area (Å²) < 4.78 is 13.1. The third kappa shape index (κ3) is 5.99. The maximum atomic E-state index is 13.1. The van der Waals surface area contributed by atoms with Gasteiger partial charge in [-0.3, -0.25) is 0 Å². The van der Waals surface area contributed by atoms with Crippen molar-refractivity contribution in [3.05, 3.63) is 64.7 Å². The monoisotopic (exact) mass is 412 g/mol. The molecule has 0 atom stereocenters. The van der Waals surface area contributed by atoms with E-state index in [4.69, 9.17) is 11.6 Å². The number of fused-ring (bicyclic) bond motifs is 1. The molecule has 3 aromatic rings. The normalized spacial score (nSPS) is 11.6. The van der Waals surface area contributed by atoms with Crippen LogP contribution < -0.4 is 5.32 Å². The van der Waals surface area contributed by atoms with Gasteiger partial charge in [0.05, 0.1) is 5.52 Å². The fourth-order valence-electron chi connectivity index (χ4n) is 3.12. The van der Waals surface area contributed by atoms with Crippen LogP contribution in [0.4, 0.5) is 10.2 Å². The van der Waals surface area contributed by atoms with Crippen LogP contribution in [0.1, 0.15) is 31.7 Å². The number of rotatable bonds is 9. The van der Waals surface area contributed by atoms with Gasteiger partial charge in [0.25, 0.3) is 0 Å². The Bertz CT molecular complexity index is 969. The zero-order valence-corrected chi connectivity index (χ0v) is 17.6. The van der Waals surface area contributed by atoms with Crippen molar-refractivity contribution in [3.63, 3.8) is 0 Å². The highest BCUT2D eigenvalue weighted by Crippen LogP contribution is 2.24. The second kappa shape index (κ2) is 10.3. The summed E-state index contributed by atoms with van der Waals surface area (Å²) in [5, 5.41) is 5.03. The first-order chi connectivity index (χ1) is 14.1. The second-order valence-corrected chi connectivity index (χ2v) is 7.22. The minimum Gasteiger partial charge on any atom is -0.369 e. The van der Waals surface area contributed by atoms with Gasteiger partial charge >= 0.3 is 0 Å². The molecule has 0 saturated heterocycles. The average molecular weight is 413 g/mol. The highest BCUT2D eigenvalue weighted by molar-refractivity contribution is 6.31. The second-order valence-electron chi connectivity index (χ2n) is 6.78. The molecule has 0 fully saturated rings. The number of halogens is 2. The number of aromatic nitrogens is 2. The lowest BCUT2D eigenvalue weighted by Gasteiger charge is -2.18. The van der Waals surface area contributed by atoms with Crippen LogP contribution in [0.3, 0.4) is 0 Å². The molecule has 0 saturated carbocycles. The van der Waals surface area contributed by atoms with Crippen LogP contribution in [0.2, 0.25) is 5.02 Å². The van der Waals surface area contributed by atoms with Crippen LogP contribution in [-0.4, -0.2) is 41.0 Å². The molecule has 1 aromatic heterocycles. The van der Waals surface area contributed by atoms with Gasteiger partial charge < -0.3 is 10.2 Å². The van der Waals surface area contributed by atoms with E-state index < -0.39 is 0 Å². The Kier molecular flexibility index (Phi) is 7.55. The van der Waals surface area contributed by atoms with Gasteiger partial charge in [-0.2, -0.15) is 0 Å². The quantitative estimate of drug-likeness (QED) is 0.455. The molecule has 0 aliphatic heterocycles. The minimum atomic E-state index is -0.255. The molecule has 1 N–H and O–H groups in total. The molecule has 0 radical (unpaired) electrons. The van der Waals surface area contributed by atoms with Crippen LogP contribution in [0, 0.1) is 5.82 Å². The van der Waals surface area contributed by atoms with Crippen molar-refractivity contribution < 1.29 is 4.39 Å². The van der Waals surface area contributed by atoms with Gasteiger partial charge in [-0.1, -0.05) is 43.7 Å². The number of hydrogen-bond donors (Lipinski definition) is 1. The fraction of sp³-hybridized carbons (Fsp3) is 0.304. The lowest BCUT2D eigenvalue weighted by molar-refractivity contribution is 0.303. The topological polar surface area (TPSA) is 41.0 Å². The van der Waals surface area contributed by atoms with Crippen molar-refractivity contribution in [2.75, 3.05) is 31.5 Å². The largest absolute Gasteiger partial charge is 0.369 e. The van der Waals surface area contributed by atoms with E-state index in [9.17, 15) is 4.39 Å². The Morgan fingerprint density at radius 1 is 1.03 bits per heavy atom.